The number of aryl methyl sites for hydroxylation is 1. The van der Waals surface area contributed by atoms with Crippen molar-refractivity contribution in [1.82, 2.24) is 14.4 Å². The molecule has 2 aromatic heterocycles. The SMILES string of the molecule is COCCN1C(=O)C2C(=Nc3n(Cc4ccco4)c(C)c[n+]32)N(C)C1=O. The Balaban J connectivity index is 1.73. The van der Waals surface area contributed by atoms with Gasteiger partial charge in [-0.25, -0.2) is 13.9 Å². The van der Waals surface area contributed by atoms with Crippen LogP contribution in [-0.4, -0.2) is 59.4 Å². The lowest BCUT2D eigenvalue weighted by Crippen LogP contribution is -2.63. The summed E-state index contributed by atoms with van der Waals surface area (Å²) in [6.45, 7) is 2.96. The zero-order valence-electron chi connectivity index (χ0n) is 14.9. The first-order chi connectivity index (χ1) is 12.5. The molecule has 1 fully saturated rings. The van der Waals surface area contributed by atoms with Crippen molar-refractivity contribution in [1.29, 1.82) is 0 Å². The van der Waals surface area contributed by atoms with Gasteiger partial charge in [-0.15, -0.1) is 0 Å². The van der Waals surface area contributed by atoms with Crippen LogP contribution in [0.3, 0.4) is 0 Å². The number of aromatic nitrogens is 2. The average Bonchev–Trinajstić information content (AvgIpc) is 3.31. The Morgan fingerprint density at radius 1 is 1.38 bits per heavy atom. The van der Waals surface area contributed by atoms with Gasteiger partial charge in [-0.05, 0) is 19.1 Å². The van der Waals surface area contributed by atoms with Crippen LogP contribution in [0.2, 0.25) is 0 Å². The molecule has 4 heterocycles. The normalized spacial score (nSPS) is 19.0. The fourth-order valence-electron chi connectivity index (χ4n) is 3.37. The van der Waals surface area contributed by atoms with E-state index in [0.29, 0.717) is 24.9 Å². The number of fused-ring (bicyclic) bond motifs is 3. The fourth-order valence-corrected chi connectivity index (χ4v) is 3.37. The number of carbonyl (C=O) groups is 2. The number of furan rings is 1. The first-order valence-electron chi connectivity index (χ1n) is 8.33. The van der Waals surface area contributed by atoms with E-state index in [1.54, 1.807) is 13.3 Å². The molecule has 0 spiro atoms. The van der Waals surface area contributed by atoms with Crippen molar-refractivity contribution in [2.75, 3.05) is 27.3 Å². The first kappa shape index (κ1) is 16.5. The van der Waals surface area contributed by atoms with Gasteiger partial charge >= 0.3 is 12.0 Å². The van der Waals surface area contributed by atoms with Gasteiger partial charge in [0.05, 0.1) is 19.4 Å². The van der Waals surface area contributed by atoms with E-state index in [1.807, 2.05) is 34.4 Å². The molecule has 0 saturated carbocycles. The van der Waals surface area contributed by atoms with Crippen LogP contribution in [0.5, 0.6) is 0 Å². The van der Waals surface area contributed by atoms with Gasteiger partial charge < -0.3 is 9.15 Å². The third-order valence-corrected chi connectivity index (χ3v) is 4.74. The minimum absolute atomic E-state index is 0.213. The molecule has 2 aliphatic rings. The highest BCUT2D eigenvalue weighted by atomic mass is 16.5. The zero-order chi connectivity index (χ0) is 18.4. The first-order valence-corrected chi connectivity index (χ1v) is 8.33. The molecular formula is C17H20N5O4+. The fraction of sp³-hybridized carbons (Fsp3) is 0.412. The number of methoxy groups -OCH3 is 1. The number of amides is 3. The zero-order valence-corrected chi connectivity index (χ0v) is 14.9. The van der Waals surface area contributed by atoms with Gasteiger partial charge in [0.2, 0.25) is 11.9 Å². The summed E-state index contributed by atoms with van der Waals surface area (Å²) in [6, 6.07) is 2.69. The topological polar surface area (TPSA) is 84.2 Å². The van der Waals surface area contributed by atoms with E-state index in [2.05, 4.69) is 4.99 Å². The number of carbonyl (C=O) groups excluding carboxylic acids is 2. The van der Waals surface area contributed by atoms with Gasteiger partial charge in [0, 0.05) is 14.2 Å². The third-order valence-electron chi connectivity index (χ3n) is 4.74. The number of aliphatic imine (C=N–C) groups is 1. The van der Waals surface area contributed by atoms with E-state index in [4.69, 9.17) is 9.15 Å². The lowest BCUT2D eigenvalue weighted by atomic mass is 10.1. The Morgan fingerprint density at radius 3 is 2.88 bits per heavy atom. The smallest absolute Gasteiger partial charge is 0.402 e. The molecule has 2 aliphatic heterocycles. The van der Waals surface area contributed by atoms with Crippen molar-refractivity contribution in [2.45, 2.75) is 19.5 Å². The maximum atomic E-state index is 13.0. The summed E-state index contributed by atoms with van der Waals surface area (Å²) in [5, 5.41) is 0. The monoisotopic (exact) mass is 358 g/mol. The predicted octanol–water partition coefficient (Wildman–Crippen LogP) is 0.850. The van der Waals surface area contributed by atoms with E-state index in [0.717, 1.165) is 11.5 Å². The lowest BCUT2D eigenvalue weighted by molar-refractivity contribution is -0.677. The predicted molar refractivity (Wildman–Crippen MR) is 90.1 cm³/mol. The molecule has 1 atom stereocenters. The highest BCUT2D eigenvalue weighted by Crippen LogP contribution is 2.29. The Morgan fingerprint density at radius 2 is 2.19 bits per heavy atom. The van der Waals surface area contributed by atoms with Crippen LogP contribution in [0.15, 0.2) is 34.0 Å². The molecule has 3 amide bonds. The maximum absolute atomic E-state index is 13.0. The van der Waals surface area contributed by atoms with Crippen LogP contribution in [0, 0.1) is 6.92 Å². The lowest BCUT2D eigenvalue weighted by Gasteiger charge is -2.32. The molecule has 1 saturated heterocycles. The summed E-state index contributed by atoms with van der Waals surface area (Å²) >= 11 is 0. The highest BCUT2D eigenvalue weighted by Gasteiger charge is 2.53. The van der Waals surface area contributed by atoms with E-state index >= 15 is 0 Å². The number of nitrogens with zero attached hydrogens (tertiary/aromatic N) is 5. The number of imidazole rings is 1. The molecular weight excluding hydrogens is 338 g/mol. The minimum atomic E-state index is -0.638. The van der Waals surface area contributed by atoms with Crippen molar-refractivity contribution >= 4 is 23.7 Å². The molecule has 136 valence electrons. The van der Waals surface area contributed by atoms with Crippen molar-refractivity contribution in [3.63, 3.8) is 0 Å². The minimum Gasteiger partial charge on any atom is -0.466 e. The second kappa shape index (κ2) is 6.10. The molecule has 0 radical (unpaired) electrons. The second-order valence-corrected chi connectivity index (χ2v) is 6.34. The number of urea groups is 1. The third kappa shape index (κ3) is 2.35. The Bertz CT molecular complexity index is 899. The second-order valence-electron chi connectivity index (χ2n) is 6.34. The Hall–Kier alpha value is -2.94. The van der Waals surface area contributed by atoms with Crippen LogP contribution < -0.4 is 4.57 Å². The molecule has 4 rings (SSSR count). The number of hydrogen-bond acceptors (Lipinski definition) is 5. The quantitative estimate of drug-likeness (QED) is 0.742. The average molecular weight is 358 g/mol. The van der Waals surface area contributed by atoms with Crippen molar-refractivity contribution in [2.24, 2.45) is 4.99 Å². The van der Waals surface area contributed by atoms with E-state index < -0.39 is 6.04 Å². The summed E-state index contributed by atoms with van der Waals surface area (Å²) in [6.07, 6.45) is 3.51. The summed E-state index contributed by atoms with van der Waals surface area (Å²) < 4.78 is 14.2. The van der Waals surface area contributed by atoms with Gasteiger partial charge in [0.1, 0.15) is 24.2 Å². The van der Waals surface area contributed by atoms with Crippen LogP contribution in [-0.2, 0) is 16.1 Å². The molecule has 0 N–H and O–H groups in total. The molecule has 9 nitrogen and oxygen atoms in total. The van der Waals surface area contributed by atoms with Gasteiger partial charge in [-0.1, -0.05) is 4.99 Å². The van der Waals surface area contributed by atoms with Crippen LogP contribution >= 0.6 is 0 Å². The Kier molecular flexibility index (Phi) is 3.87. The maximum Gasteiger partial charge on any atom is 0.402 e. The van der Waals surface area contributed by atoms with E-state index in [9.17, 15) is 9.59 Å². The molecule has 0 bridgehead atoms. The summed E-state index contributed by atoms with van der Waals surface area (Å²) in [4.78, 5) is 32.7. The largest absolute Gasteiger partial charge is 0.466 e. The molecule has 2 aromatic rings. The summed E-state index contributed by atoms with van der Waals surface area (Å²) in [5.41, 5.74) is 0.954. The van der Waals surface area contributed by atoms with E-state index in [-0.39, 0.29) is 18.5 Å². The van der Waals surface area contributed by atoms with Crippen LogP contribution in [0.25, 0.3) is 0 Å². The number of hydrogen-bond donors (Lipinski definition) is 0. The standard InChI is InChI=1S/C17H20N5O4/c1-11-9-22-13-14(18-16(22)21(11)10-12-5-4-7-26-12)19(2)17(24)20(15(13)23)6-8-25-3/h4-5,7,9,13H,6,8,10H2,1-3H3/q+1. The summed E-state index contributed by atoms with van der Waals surface area (Å²) in [5.74, 6) is 1.57. The van der Waals surface area contributed by atoms with Crippen LogP contribution in [0.1, 0.15) is 17.5 Å². The van der Waals surface area contributed by atoms with Crippen molar-refractivity contribution < 1.29 is 23.3 Å². The molecule has 0 aliphatic carbocycles. The molecule has 0 aromatic carbocycles. The van der Waals surface area contributed by atoms with E-state index in [1.165, 1.54) is 16.9 Å². The van der Waals surface area contributed by atoms with Gasteiger partial charge in [0.15, 0.2) is 0 Å². The Labute approximate surface area is 150 Å². The van der Waals surface area contributed by atoms with Gasteiger partial charge in [0.25, 0.3) is 5.91 Å². The number of imide groups is 1. The van der Waals surface area contributed by atoms with Gasteiger partial charge in [-0.2, -0.15) is 0 Å². The number of amidine groups is 1. The van der Waals surface area contributed by atoms with Crippen molar-refractivity contribution in [3.8, 4) is 0 Å². The highest BCUT2D eigenvalue weighted by molar-refractivity contribution is 6.19. The molecule has 9 heteroatoms. The summed E-state index contributed by atoms with van der Waals surface area (Å²) in [7, 11) is 3.17. The molecule has 26 heavy (non-hydrogen) atoms. The van der Waals surface area contributed by atoms with Crippen molar-refractivity contribution in [3.05, 3.63) is 36.0 Å². The van der Waals surface area contributed by atoms with Gasteiger partial charge in [-0.3, -0.25) is 14.6 Å². The number of ether oxygens (including phenoxy) is 1. The molecule has 1 unspecified atom stereocenters. The van der Waals surface area contributed by atoms with Crippen LogP contribution in [0.4, 0.5) is 10.7 Å². The number of rotatable bonds is 5. The number of likely N-dealkylation sites (N-methyl/N-ethyl adjacent to an activating group) is 1.